The Balaban J connectivity index is 2.52. The second-order valence-corrected chi connectivity index (χ2v) is 3.87. The first kappa shape index (κ1) is 12.4. The van der Waals surface area contributed by atoms with Crippen LogP contribution in [0.15, 0.2) is 36.5 Å². The van der Waals surface area contributed by atoms with E-state index in [0.29, 0.717) is 11.4 Å². The quantitative estimate of drug-likeness (QED) is 0.877. The molecule has 3 N–H and O–H groups in total. The van der Waals surface area contributed by atoms with E-state index >= 15 is 0 Å². The fourth-order valence-corrected chi connectivity index (χ4v) is 1.89. The molecule has 2 aromatic rings. The van der Waals surface area contributed by atoms with E-state index in [4.69, 9.17) is 5.73 Å². The summed E-state index contributed by atoms with van der Waals surface area (Å²) in [6.07, 6.45) is 1.55. The molecule has 2 rings (SSSR count). The van der Waals surface area contributed by atoms with Gasteiger partial charge in [0.1, 0.15) is 17.5 Å². The van der Waals surface area contributed by atoms with Crippen LogP contribution in [0.3, 0.4) is 0 Å². The van der Waals surface area contributed by atoms with Crippen molar-refractivity contribution in [2.45, 2.75) is 6.04 Å². The summed E-state index contributed by atoms with van der Waals surface area (Å²) in [5, 5.41) is 2.92. The van der Waals surface area contributed by atoms with E-state index in [2.05, 4.69) is 10.3 Å². The Morgan fingerprint density at radius 3 is 2.67 bits per heavy atom. The molecule has 0 bridgehead atoms. The molecule has 0 aliphatic carbocycles. The Labute approximate surface area is 104 Å². The molecule has 18 heavy (non-hydrogen) atoms. The summed E-state index contributed by atoms with van der Waals surface area (Å²) in [7, 11) is 1.65. The van der Waals surface area contributed by atoms with Crippen LogP contribution in [0.1, 0.15) is 17.2 Å². The van der Waals surface area contributed by atoms with Crippen LogP contribution in [-0.2, 0) is 0 Å². The van der Waals surface area contributed by atoms with Crippen LogP contribution in [-0.4, -0.2) is 12.0 Å². The number of pyridine rings is 1. The largest absolute Gasteiger partial charge is 0.383 e. The lowest BCUT2D eigenvalue weighted by Crippen LogP contribution is -2.20. The molecule has 1 aromatic carbocycles. The average Bonchev–Trinajstić information content (AvgIpc) is 2.36. The highest BCUT2D eigenvalue weighted by atomic mass is 19.1. The number of aromatic nitrogens is 1. The van der Waals surface area contributed by atoms with E-state index in [-0.39, 0.29) is 5.56 Å². The lowest BCUT2D eigenvalue weighted by molar-refractivity contribution is 0.558. The van der Waals surface area contributed by atoms with E-state index in [1.165, 1.54) is 0 Å². The van der Waals surface area contributed by atoms with Crippen LogP contribution in [0.4, 0.5) is 14.6 Å². The second-order valence-electron chi connectivity index (χ2n) is 3.87. The molecular weight excluding hydrogens is 236 g/mol. The van der Waals surface area contributed by atoms with Crippen LogP contribution in [0, 0.1) is 11.6 Å². The lowest BCUT2D eigenvalue weighted by Gasteiger charge is -2.19. The van der Waals surface area contributed by atoms with Crippen molar-refractivity contribution in [1.82, 2.24) is 10.3 Å². The van der Waals surface area contributed by atoms with Gasteiger partial charge in [0.2, 0.25) is 0 Å². The number of nitrogen functional groups attached to an aromatic ring is 1. The normalized spacial score (nSPS) is 12.4. The van der Waals surface area contributed by atoms with Gasteiger partial charge in [-0.25, -0.2) is 13.8 Å². The molecule has 0 aliphatic heterocycles. The number of hydrogen-bond acceptors (Lipinski definition) is 3. The van der Waals surface area contributed by atoms with Crippen molar-refractivity contribution in [3.05, 3.63) is 59.3 Å². The van der Waals surface area contributed by atoms with Crippen LogP contribution in [0.5, 0.6) is 0 Å². The monoisotopic (exact) mass is 249 g/mol. The van der Waals surface area contributed by atoms with Crippen molar-refractivity contribution >= 4 is 5.82 Å². The van der Waals surface area contributed by atoms with Gasteiger partial charge in [0.05, 0.1) is 6.04 Å². The fraction of sp³-hybridized carbons (Fsp3) is 0.154. The van der Waals surface area contributed by atoms with E-state index in [0.717, 1.165) is 18.2 Å². The third-order valence-electron chi connectivity index (χ3n) is 2.74. The van der Waals surface area contributed by atoms with Gasteiger partial charge in [0.25, 0.3) is 0 Å². The van der Waals surface area contributed by atoms with Gasteiger partial charge >= 0.3 is 0 Å². The zero-order valence-corrected chi connectivity index (χ0v) is 9.82. The van der Waals surface area contributed by atoms with Gasteiger partial charge in [-0.05, 0) is 31.3 Å². The molecule has 94 valence electrons. The third kappa shape index (κ3) is 2.31. The van der Waals surface area contributed by atoms with Crippen LogP contribution >= 0.6 is 0 Å². The van der Waals surface area contributed by atoms with Crippen LogP contribution in [0.2, 0.25) is 0 Å². The highest BCUT2D eigenvalue weighted by Gasteiger charge is 2.19. The molecule has 0 radical (unpaired) electrons. The molecule has 0 aliphatic rings. The molecule has 0 fully saturated rings. The summed E-state index contributed by atoms with van der Waals surface area (Å²) < 4.78 is 27.0. The minimum Gasteiger partial charge on any atom is -0.383 e. The van der Waals surface area contributed by atoms with Crippen molar-refractivity contribution in [2.75, 3.05) is 12.8 Å². The zero-order chi connectivity index (χ0) is 13.1. The summed E-state index contributed by atoms with van der Waals surface area (Å²) in [5.74, 6) is -0.686. The van der Waals surface area contributed by atoms with Gasteiger partial charge in [-0.2, -0.15) is 0 Å². The van der Waals surface area contributed by atoms with Crippen molar-refractivity contribution in [2.24, 2.45) is 0 Å². The summed E-state index contributed by atoms with van der Waals surface area (Å²) in [6, 6.07) is 6.23. The second kappa shape index (κ2) is 5.10. The first-order chi connectivity index (χ1) is 8.63. The number of halogens is 2. The molecule has 0 saturated heterocycles. The third-order valence-corrected chi connectivity index (χ3v) is 2.74. The molecule has 0 amide bonds. The van der Waals surface area contributed by atoms with E-state index in [9.17, 15) is 8.78 Å². The Bertz CT molecular complexity index is 558. The fourth-order valence-electron chi connectivity index (χ4n) is 1.89. The Kier molecular flexibility index (Phi) is 3.53. The number of hydrogen-bond donors (Lipinski definition) is 2. The molecule has 0 saturated carbocycles. The maximum atomic E-state index is 13.8. The van der Waals surface area contributed by atoms with Gasteiger partial charge in [-0.3, -0.25) is 0 Å². The topological polar surface area (TPSA) is 50.9 Å². The van der Waals surface area contributed by atoms with Gasteiger partial charge < -0.3 is 11.1 Å². The van der Waals surface area contributed by atoms with Crippen LogP contribution in [0.25, 0.3) is 0 Å². The minimum absolute atomic E-state index is 0.206. The van der Waals surface area contributed by atoms with Crippen molar-refractivity contribution in [3.8, 4) is 0 Å². The first-order valence-electron chi connectivity index (χ1n) is 5.46. The summed E-state index contributed by atoms with van der Waals surface area (Å²) in [6.45, 7) is 0. The predicted octanol–water partition coefficient (Wildman–Crippen LogP) is 2.25. The standard InChI is InChI=1S/C13H13F2N3/c1-17-12(9-3-2-6-18-13(9)16)10-7-8(14)4-5-11(10)15/h2-7,12,17H,1H3,(H2,16,18). The van der Waals surface area contributed by atoms with Gasteiger partial charge in [0, 0.05) is 17.3 Å². The highest BCUT2D eigenvalue weighted by Crippen LogP contribution is 2.27. The number of nitrogens with two attached hydrogens (primary N) is 1. The summed E-state index contributed by atoms with van der Waals surface area (Å²) in [4.78, 5) is 3.95. The molecule has 0 spiro atoms. The predicted molar refractivity (Wildman–Crippen MR) is 65.9 cm³/mol. The SMILES string of the molecule is CNC(c1cc(F)ccc1F)c1cccnc1N. The number of nitrogens with zero attached hydrogens (tertiary/aromatic N) is 1. The van der Waals surface area contributed by atoms with Gasteiger partial charge in [-0.15, -0.1) is 0 Å². The highest BCUT2D eigenvalue weighted by molar-refractivity contribution is 5.45. The first-order valence-corrected chi connectivity index (χ1v) is 5.46. The number of benzene rings is 1. The zero-order valence-electron chi connectivity index (χ0n) is 9.82. The van der Waals surface area contributed by atoms with Crippen molar-refractivity contribution in [3.63, 3.8) is 0 Å². The molecule has 1 aromatic heterocycles. The molecule has 1 unspecified atom stereocenters. The van der Waals surface area contributed by atoms with Crippen molar-refractivity contribution < 1.29 is 8.78 Å². The Hall–Kier alpha value is -2.01. The average molecular weight is 249 g/mol. The summed E-state index contributed by atoms with van der Waals surface area (Å²) in [5.41, 5.74) is 6.58. The number of anilines is 1. The van der Waals surface area contributed by atoms with E-state index in [1.54, 1.807) is 25.4 Å². The molecule has 3 nitrogen and oxygen atoms in total. The number of rotatable bonds is 3. The molecule has 1 atom stereocenters. The maximum Gasteiger partial charge on any atom is 0.128 e. The molecule has 5 heteroatoms. The van der Waals surface area contributed by atoms with Crippen molar-refractivity contribution in [1.29, 1.82) is 0 Å². The Morgan fingerprint density at radius 1 is 1.22 bits per heavy atom. The summed E-state index contributed by atoms with van der Waals surface area (Å²) >= 11 is 0. The van der Waals surface area contributed by atoms with Gasteiger partial charge in [-0.1, -0.05) is 6.07 Å². The molecule has 1 heterocycles. The van der Waals surface area contributed by atoms with Gasteiger partial charge in [0.15, 0.2) is 0 Å². The smallest absolute Gasteiger partial charge is 0.128 e. The Morgan fingerprint density at radius 2 is 2.00 bits per heavy atom. The minimum atomic E-state index is -0.533. The molecular formula is C13H13F2N3. The van der Waals surface area contributed by atoms with E-state index < -0.39 is 17.7 Å². The van der Waals surface area contributed by atoms with E-state index in [1.807, 2.05) is 0 Å². The maximum absolute atomic E-state index is 13.8. The number of nitrogens with one attached hydrogen (secondary N) is 1. The van der Waals surface area contributed by atoms with Crippen LogP contribution < -0.4 is 11.1 Å². The lowest BCUT2D eigenvalue weighted by atomic mass is 9.99.